The number of hydrogen-bond donors (Lipinski definition) is 2. The summed E-state index contributed by atoms with van der Waals surface area (Å²) >= 11 is 15.5. The summed E-state index contributed by atoms with van der Waals surface area (Å²) in [5, 5.41) is 11.0. The van der Waals surface area contributed by atoms with Crippen molar-refractivity contribution in [3.05, 3.63) is 74.8 Å². The second-order valence-corrected chi connectivity index (χ2v) is 6.90. The fourth-order valence-electron chi connectivity index (χ4n) is 2.20. The quantitative estimate of drug-likeness (QED) is 0.552. The highest BCUT2D eigenvalue weighted by molar-refractivity contribution is 9.10. The monoisotopic (exact) mass is 438 g/mol. The molecule has 0 aliphatic rings. The maximum Gasteiger partial charge on any atom is 0.324 e. The molecule has 0 spiro atoms. The van der Waals surface area contributed by atoms with Crippen LogP contribution in [0.3, 0.4) is 0 Å². The Morgan fingerprint density at radius 3 is 2.68 bits per heavy atom. The van der Waals surface area contributed by atoms with Gasteiger partial charge in [0.05, 0.1) is 11.0 Å². The van der Waals surface area contributed by atoms with Crippen LogP contribution in [0.15, 0.2) is 59.2 Å². The first-order valence-electron chi connectivity index (χ1n) is 7.31. The second kappa shape index (κ2) is 7.91. The summed E-state index contributed by atoms with van der Waals surface area (Å²) in [5.74, 6) is 0.409. The van der Waals surface area contributed by atoms with E-state index >= 15 is 0 Å². The zero-order valence-corrected chi connectivity index (χ0v) is 15.9. The molecule has 0 radical (unpaired) electrons. The first-order valence-corrected chi connectivity index (χ1v) is 8.86. The molecule has 5 nitrogen and oxygen atoms in total. The lowest BCUT2D eigenvalue weighted by molar-refractivity contribution is 0.262. The molecule has 8 heteroatoms. The van der Waals surface area contributed by atoms with Crippen LogP contribution in [0.4, 0.5) is 16.3 Å². The second-order valence-electron chi connectivity index (χ2n) is 5.20. The first-order chi connectivity index (χ1) is 12.0. The van der Waals surface area contributed by atoms with Crippen LogP contribution in [0.1, 0.15) is 5.56 Å². The molecule has 0 bridgehead atoms. The maximum atomic E-state index is 12.1. The van der Waals surface area contributed by atoms with Crippen LogP contribution in [0.2, 0.25) is 10.0 Å². The van der Waals surface area contributed by atoms with E-state index in [0.717, 1.165) is 5.56 Å². The van der Waals surface area contributed by atoms with Crippen molar-refractivity contribution in [2.24, 2.45) is 0 Å². The third-order valence-electron chi connectivity index (χ3n) is 3.32. The number of aromatic nitrogens is 2. The van der Waals surface area contributed by atoms with Crippen LogP contribution in [0.5, 0.6) is 0 Å². The van der Waals surface area contributed by atoms with Gasteiger partial charge in [-0.25, -0.2) is 4.79 Å². The van der Waals surface area contributed by atoms with Gasteiger partial charge in [0.25, 0.3) is 0 Å². The van der Waals surface area contributed by atoms with Gasteiger partial charge >= 0.3 is 6.03 Å². The van der Waals surface area contributed by atoms with E-state index < -0.39 is 6.03 Å². The number of anilines is 2. The van der Waals surface area contributed by atoms with E-state index in [1.807, 2.05) is 24.3 Å². The van der Waals surface area contributed by atoms with E-state index in [9.17, 15) is 4.79 Å². The van der Waals surface area contributed by atoms with Crippen molar-refractivity contribution in [3.63, 3.8) is 0 Å². The van der Waals surface area contributed by atoms with E-state index in [2.05, 4.69) is 31.7 Å². The predicted octanol–water partition coefficient (Wildman–Crippen LogP) is 5.64. The number of rotatable bonds is 4. The highest BCUT2D eigenvalue weighted by atomic mass is 79.9. The van der Waals surface area contributed by atoms with E-state index in [1.54, 1.807) is 35.1 Å². The third-order valence-corrected chi connectivity index (χ3v) is 4.51. The lowest BCUT2D eigenvalue weighted by atomic mass is 10.2. The molecule has 0 atom stereocenters. The molecule has 2 amide bonds. The van der Waals surface area contributed by atoms with Crippen molar-refractivity contribution in [2.45, 2.75) is 6.54 Å². The molecule has 1 aromatic heterocycles. The Labute approximate surface area is 163 Å². The van der Waals surface area contributed by atoms with E-state index in [4.69, 9.17) is 23.2 Å². The van der Waals surface area contributed by atoms with Gasteiger partial charge in [-0.3, -0.25) is 10.00 Å². The molecule has 2 N–H and O–H groups in total. The zero-order chi connectivity index (χ0) is 17.8. The van der Waals surface area contributed by atoms with E-state index in [1.165, 1.54) is 0 Å². The Balaban J connectivity index is 1.68. The van der Waals surface area contributed by atoms with Gasteiger partial charge in [0.15, 0.2) is 5.82 Å². The summed E-state index contributed by atoms with van der Waals surface area (Å²) in [6.07, 6.45) is 1.78. The third kappa shape index (κ3) is 4.75. The number of benzene rings is 2. The Kier molecular flexibility index (Phi) is 5.63. The van der Waals surface area contributed by atoms with Crippen molar-refractivity contribution < 1.29 is 4.79 Å². The summed E-state index contributed by atoms with van der Waals surface area (Å²) in [6, 6.07) is 14.0. The largest absolute Gasteiger partial charge is 0.324 e. The normalized spacial score (nSPS) is 10.5. The summed E-state index contributed by atoms with van der Waals surface area (Å²) in [4.78, 5) is 12.1. The maximum absolute atomic E-state index is 12.1. The van der Waals surface area contributed by atoms with Crippen molar-refractivity contribution in [2.75, 3.05) is 10.6 Å². The molecule has 0 saturated heterocycles. The number of hydrogen-bond acceptors (Lipinski definition) is 2. The van der Waals surface area contributed by atoms with Crippen LogP contribution < -0.4 is 10.6 Å². The van der Waals surface area contributed by atoms with Gasteiger partial charge in [0, 0.05) is 21.9 Å². The molecule has 0 aliphatic carbocycles. The van der Waals surface area contributed by atoms with Gasteiger partial charge < -0.3 is 5.32 Å². The average Bonchev–Trinajstić information content (AvgIpc) is 2.89. The topological polar surface area (TPSA) is 59.0 Å². The first kappa shape index (κ1) is 17.8. The standard InChI is InChI=1S/C17H13BrCl2N4O/c18-14-10-24(9-11-4-1-2-7-15(11)20)23-16(14)22-17(25)21-13-6-3-5-12(19)8-13/h1-8,10H,9H2,(H2,21,22,23,25). The van der Waals surface area contributed by atoms with Gasteiger partial charge in [-0.2, -0.15) is 5.10 Å². The van der Waals surface area contributed by atoms with E-state index in [0.29, 0.717) is 32.6 Å². The van der Waals surface area contributed by atoms with Gasteiger partial charge in [-0.15, -0.1) is 0 Å². The minimum absolute atomic E-state index is 0.409. The van der Waals surface area contributed by atoms with Crippen LogP contribution in [0.25, 0.3) is 0 Å². The predicted molar refractivity (Wildman–Crippen MR) is 105 cm³/mol. The van der Waals surface area contributed by atoms with Crippen LogP contribution in [-0.2, 0) is 6.54 Å². The van der Waals surface area contributed by atoms with Gasteiger partial charge in [-0.1, -0.05) is 47.5 Å². The Morgan fingerprint density at radius 1 is 1.12 bits per heavy atom. The summed E-state index contributed by atoms with van der Waals surface area (Å²) in [7, 11) is 0. The minimum atomic E-state index is -0.411. The summed E-state index contributed by atoms with van der Waals surface area (Å²) < 4.78 is 2.36. The molecule has 3 aromatic rings. The number of nitrogens with one attached hydrogen (secondary N) is 2. The lowest BCUT2D eigenvalue weighted by Gasteiger charge is -2.06. The molecule has 1 heterocycles. The molecule has 2 aromatic carbocycles. The molecule has 0 saturated carbocycles. The molecule has 0 fully saturated rings. The van der Waals surface area contributed by atoms with Gasteiger partial charge in [0.1, 0.15) is 0 Å². The Morgan fingerprint density at radius 2 is 1.92 bits per heavy atom. The van der Waals surface area contributed by atoms with E-state index in [-0.39, 0.29) is 0 Å². The number of nitrogens with zero attached hydrogens (tertiary/aromatic N) is 2. The average molecular weight is 440 g/mol. The van der Waals surface area contributed by atoms with Crippen molar-refractivity contribution >= 4 is 56.7 Å². The van der Waals surface area contributed by atoms with Crippen molar-refractivity contribution in [3.8, 4) is 0 Å². The van der Waals surface area contributed by atoms with Crippen molar-refractivity contribution in [1.29, 1.82) is 0 Å². The molecule has 0 unspecified atom stereocenters. The van der Waals surface area contributed by atoms with Crippen LogP contribution >= 0.6 is 39.1 Å². The smallest absolute Gasteiger partial charge is 0.308 e. The fourth-order valence-corrected chi connectivity index (χ4v) is 3.00. The van der Waals surface area contributed by atoms with Crippen molar-refractivity contribution in [1.82, 2.24) is 9.78 Å². The number of carbonyl (C=O) groups is 1. The lowest BCUT2D eigenvalue weighted by Crippen LogP contribution is -2.20. The fraction of sp³-hybridized carbons (Fsp3) is 0.0588. The zero-order valence-electron chi connectivity index (χ0n) is 12.8. The molecular weight excluding hydrogens is 427 g/mol. The summed E-state index contributed by atoms with van der Waals surface area (Å²) in [5.41, 5.74) is 1.53. The number of urea groups is 1. The minimum Gasteiger partial charge on any atom is -0.308 e. The highest BCUT2D eigenvalue weighted by Gasteiger charge is 2.11. The molecular formula is C17H13BrCl2N4O. The molecule has 25 heavy (non-hydrogen) atoms. The molecule has 0 aliphatic heterocycles. The van der Waals surface area contributed by atoms with Crippen LogP contribution in [0, 0.1) is 0 Å². The number of carbonyl (C=O) groups excluding carboxylic acids is 1. The van der Waals surface area contributed by atoms with Gasteiger partial charge in [0.2, 0.25) is 0 Å². The van der Waals surface area contributed by atoms with Gasteiger partial charge in [-0.05, 0) is 45.8 Å². The Hall–Kier alpha value is -2.02. The highest BCUT2D eigenvalue weighted by Crippen LogP contribution is 2.23. The molecule has 128 valence electrons. The number of amides is 2. The SMILES string of the molecule is O=C(Nc1cccc(Cl)c1)Nc1nn(Cc2ccccc2Cl)cc1Br. The Bertz CT molecular complexity index is 913. The number of halogens is 3. The summed E-state index contributed by atoms with van der Waals surface area (Å²) in [6.45, 7) is 0.496. The molecule has 3 rings (SSSR count). The van der Waals surface area contributed by atoms with Crippen LogP contribution in [-0.4, -0.2) is 15.8 Å².